The molecule has 0 radical (unpaired) electrons. The molecule has 17 heavy (non-hydrogen) atoms. The van der Waals surface area contributed by atoms with Gasteiger partial charge in [0.15, 0.2) is 0 Å². The summed E-state index contributed by atoms with van der Waals surface area (Å²) >= 11 is 0. The highest BCUT2D eigenvalue weighted by Gasteiger charge is 1.92. The summed E-state index contributed by atoms with van der Waals surface area (Å²) in [6.45, 7) is 7.19. The SMILES string of the molecule is C=CCCCCNCCOCc1ccccc1. The van der Waals surface area contributed by atoms with Gasteiger partial charge in [-0.3, -0.25) is 0 Å². The summed E-state index contributed by atoms with van der Waals surface area (Å²) in [5.41, 5.74) is 1.23. The number of nitrogens with one attached hydrogen (secondary N) is 1. The van der Waals surface area contributed by atoms with Gasteiger partial charge in [0, 0.05) is 6.54 Å². The minimum Gasteiger partial charge on any atom is -0.375 e. The van der Waals surface area contributed by atoms with Crippen LogP contribution in [0.4, 0.5) is 0 Å². The van der Waals surface area contributed by atoms with E-state index in [2.05, 4.69) is 24.0 Å². The molecule has 0 spiro atoms. The molecule has 1 aromatic carbocycles. The van der Waals surface area contributed by atoms with E-state index in [0.29, 0.717) is 6.61 Å². The van der Waals surface area contributed by atoms with Crippen LogP contribution in [0.5, 0.6) is 0 Å². The van der Waals surface area contributed by atoms with E-state index in [1.165, 1.54) is 18.4 Å². The standard InChI is InChI=1S/C15H23NO/c1-2-3-4-8-11-16-12-13-17-14-15-9-6-5-7-10-15/h2,5-7,9-10,16H,1,3-4,8,11-14H2. The van der Waals surface area contributed by atoms with Gasteiger partial charge in [-0.1, -0.05) is 36.4 Å². The highest BCUT2D eigenvalue weighted by Crippen LogP contribution is 1.99. The molecule has 0 aromatic heterocycles. The summed E-state index contributed by atoms with van der Waals surface area (Å²) in [7, 11) is 0. The van der Waals surface area contributed by atoms with E-state index in [0.717, 1.165) is 26.1 Å². The van der Waals surface area contributed by atoms with Crippen LogP contribution in [0.15, 0.2) is 43.0 Å². The van der Waals surface area contributed by atoms with Crippen LogP contribution in [0.2, 0.25) is 0 Å². The predicted molar refractivity (Wildman–Crippen MR) is 73.0 cm³/mol. The van der Waals surface area contributed by atoms with Crippen LogP contribution < -0.4 is 5.32 Å². The first-order valence-corrected chi connectivity index (χ1v) is 6.37. The van der Waals surface area contributed by atoms with Crippen LogP contribution in [0.25, 0.3) is 0 Å². The molecule has 0 unspecified atom stereocenters. The molecule has 0 amide bonds. The van der Waals surface area contributed by atoms with E-state index in [4.69, 9.17) is 4.74 Å². The summed E-state index contributed by atoms with van der Waals surface area (Å²) in [5, 5.41) is 3.37. The Morgan fingerprint density at radius 1 is 1.12 bits per heavy atom. The molecule has 1 N–H and O–H groups in total. The maximum Gasteiger partial charge on any atom is 0.0717 e. The molecular weight excluding hydrogens is 210 g/mol. The van der Waals surface area contributed by atoms with Gasteiger partial charge >= 0.3 is 0 Å². The number of rotatable bonds is 10. The Labute approximate surface area is 105 Å². The fourth-order valence-electron chi connectivity index (χ4n) is 1.57. The normalized spacial score (nSPS) is 10.4. The molecule has 1 aromatic rings. The maximum atomic E-state index is 5.57. The minimum atomic E-state index is 0.707. The maximum absolute atomic E-state index is 5.57. The Morgan fingerprint density at radius 2 is 1.94 bits per heavy atom. The number of ether oxygens (including phenoxy) is 1. The van der Waals surface area contributed by atoms with E-state index in [9.17, 15) is 0 Å². The van der Waals surface area contributed by atoms with E-state index in [1.54, 1.807) is 0 Å². The topological polar surface area (TPSA) is 21.3 Å². The van der Waals surface area contributed by atoms with Crippen LogP contribution in [0.1, 0.15) is 24.8 Å². The molecule has 1 rings (SSSR count). The molecule has 2 heteroatoms. The fraction of sp³-hybridized carbons (Fsp3) is 0.467. The Balaban J connectivity index is 1.86. The molecule has 0 bridgehead atoms. The molecule has 0 aliphatic carbocycles. The average Bonchev–Trinajstić information content (AvgIpc) is 2.38. The van der Waals surface area contributed by atoms with Gasteiger partial charge in [0.2, 0.25) is 0 Å². The lowest BCUT2D eigenvalue weighted by atomic mass is 10.2. The molecule has 0 aliphatic rings. The lowest BCUT2D eigenvalue weighted by Crippen LogP contribution is -2.20. The first-order chi connectivity index (χ1) is 8.43. The average molecular weight is 233 g/mol. The van der Waals surface area contributed by atoms with Crippen LogP contribution in [0, 0.1) is 0 Å². The zero-order valence-corrected chi connectivity index (χ0v) is 10.5. The monoisotopic (exact) mass is 233 g/mol. The molecule has 0 saturated heterocycles. The zero-order valence-electron chi connectivity index (χ0n) is 10.5. The summed E-state index contributed by atoms with van der Waals surface area (Å²) < 4.78 is 5.57. The van der Waals surface area contributed by atoms with Crippen molar-refractivity contribution in [1.82, 2.24) is 5.32 Å². The lowest BCUT2D eigenvalue weighted by Gasteiger charge is -2.06. The van der Waals surface area contributed by atoms with Crippen LogP contribution >= 0.6 is 0 Å². The molecular formula is C15H23NO. The quantitative estimate of drug-likeness (QED) is 0.495. The molecule has 94 valence electrons. The Hall–Kier alpha value is -1.12. The Bertz CT molecular complexity index is 284. The summed E-state index contributed by atoms with van der Waals surface area (Å²) in [5.74, 6) is 0. The second-order valence-corrected chi connectivity index (χ2v) is 4.07. The molecule has 0 aliphatic heterocycles. The zero-order chi connectivity index (χ0) is 12.2. The van der Waals surface area contributed by atoms with Crippen molar-refractivity contribution < 1.29 is 4.74 Å². The highest BCUT2D eigenvalue weighted by atomic mass is 16.5. The van der Waals surface area contributed by atoms with Gasteiger partial charge in [-0.15, -0.1) is 6.58 Å². The van der Waals surface area contributed by atoms with Gasteiger partial charge < -0.3 is 10.1 Å². The second kappa shape index (κ2) is 10.1. The number of benzene rings is 1. The third kappa shape index (κ3) is 7.72. The predicted octanol–water partition coefficient (Wildman–Crippen LogP) is 3.15. The van der Waals surface area contributed by atoms with Gasteiger partial charge in [0.05, 0.1) is 13.2 Å². The first-order valence-electron chi connectivity index (χ1n) is 6.37. The summed E-state index contributed by atoms with van der Waals surface area (Å²) in [4.78, 5) is 0. The van der Waals surface area contributed by atoms with Crippen molar-refractivity contribution in [2.45, 2.75) is 25.9 Å². The molecule has 0 atom stereocenters. The molecule has 0 fully saturated rings. The minimum absolute atomic E-state index is 0.707. The van der Waals surface area contributed by atoms with Gasteiger partial charge in [-0.05, 0) is 31.4 Å². The summed E-state index contributed by atoms with van der Waals surface area (Å²) in [6, 6.07) is 10.3. The van der Waals surface area contributed by atoms with Gasteiger partial charge in [0.1, 0.15) is 0 Å². The van der Waals surface area contributed by atoms with Gasteiger partial charge in [-0.2, -0.15) is 0 Å². The fourth-order valence-corrected chi connectivity index (χ4v) is 1.57. The van der Waals surface area contributed by atoms with E-state index in [1.807, 2.05) is 24.3 Å². The van der Waals surface area contributed by atoms with Gasteiger partial charge in [-0.25, -0.2) is 0 Å². The van der Waals surface area contributed by atoms with Crippen molar-refractivity contribution in [3.63, 3.8) is 0 Å². The number of hydrogen-bond donors (Lipinski definition) is 1. The van der Waals surface area contributed by atoms with Crippen LogP contribution in [-0.2, 0) is 11.3 Å². The van der Waals surface area contributed by atoms with Crippen molar-refractivity contribution in [3.05, 3.63) is 48.6 Å². The lowest BCUT2D eigenvalue weighted by molar-refractivity contribution is 0.123. The second-order valence-electron chi connectivity index (χ2n) is 4.07. The van der Waals surface area contributed by atoms with E-state index >= 15 is 0 Å². The van der Waals surface area contributed by atoms with E-state index in [-0.39, 0.29) is 0 Å². The van der Waals surface area contributed by atoms with E-state index < -0.39 is 0 Å². The van der Waals surface area contributed by atoms with Crippen molar-refractivity contribution in [2.24, 2.45) is 0 Å². The molecule has 0 heterocycles. The van der Waals surface area contributed by atoms with Crippen molar-refractivity contribution in [1.29, 1.82) is 0 Å². The van der Waals surface area contributed by atoms with Crippen molar-refractivity contribution in [2.75, 3.05) is 19.7 Å². The largest absolute Gasteiger partial charge is 0.375 e. The van der Waals surface area contributed by atoms with Crippen LogP contribution in [0.3, 0.4) is 0 Å². The number of hydrogen-bond acceptors (Lipinski definition) is 2. The third-order valence-electron chi connectivity index (χ3n) is 2.55. The summed E-state index contributed by atoms with van der Waals surface area (Å²) in [6.07, 6.45) is 5.53. The van der Waals surface area contributed by atoms with Crippen molar-refractivity contribution >= 4 is 0 Å². The Morgan fingerprint density at radius 3 is 2.71 bits per heavy atom. The first kappa shape index (κ1) is 13.9. The smallest absolute Gasteiger partial charge is 0.0717 e. The van der Waals surface area contributed by atoms with Gasteiger partial charge in [0.25, 0.3) is 0 Å². The third-order valence-corrected chi connectivity index (χ3v) is 2.55. The highest BCUT2D eigenvalue weighted by molar-refractivity contribution is 5.13. The van der Waals surface area contributed by atoms with Crippen molar-refractivity contribution in [3.8, 4) is 0 Å². The number of unbranched alkanes of at least 4 members (excludes halogenated alkanes) is 2. The molecule has 0 saturated carbocycles. The number of allylic oxidation sites excluding steroid dienone is 1. The molecule has 2 nitrogen and oxygen atoms in total. The Kier molecular flexibility index (Phi) is 8.25. The van der Waals surface area contributed by atoms with Crippen LogP contribution in [-0.4, -0.2) is 19.7 Å².